The molecule has 1 aliphatic rings. The summed E-state index contributed by atoms with van der Waals surface area (Å²) in [6.45, 7) is 2.00. The summed E-state index contributed by atoms with van der Waals surface area (Å²) < 4.78 is 5.09. The van der Waals surface area contributed by atoms with Gasteiger partial charge in [0.2, 0.25) is 5.91 Å². The summed E-state index contributed by atoms with van der Waals surface area (Å²) in [6.07, 6.45) is 5.55. The third kappa shape index (κ3) is 5.93. The molecule has 0 aliphatic heterocycles. The van der Waals surface area contributed by atoms with Crippen molar-refractivity contribution in [1.29, 1.82) is 0 Å². The minimum Gasteiger partial charge on any atom is -0.486 e. The molecule has 29 heavy (non-hydrogen) atoms. The van der Waals surface area contributed by atoms with Crippen molar-refractivity contribution >= 4 is 29.2 Å². The maximum Gasteiger partial charge on any atom is 0.404 e. The summed E-state index contributed by atoms with van der Waals surface area (Å²) in [6, 6.07) is 1.89. The van der Waals surface area contributed by atoms with Crippen LogP contribution in [-0.2, 0) is 11.2 Å². The fourth-order valence-corrected chi connectivity index (χ4v) is 4.61. The molecule has 0 spiro atoms. The van der Waals surface area contributed by atoms with E-state index < -0.39 is 6.09 Å². The molecule has 1 fully saturated rings. The first-order valence-electron chi connectivity index (χ1n) is 9.80. The van der Waals surface area contributed by atoms with Gasteiger partial charge in [-0.25, -0.2) is 9.78 Å². The summed E-state index contributed by atoms with van der Waals surface area (Å²) >= 11 is 1.34. The van der Waals surface area contributed by atoms with Crippen molar-refractivity contribution in [3.63, 3.8) is 0 Å². The molecule has 158 valence electrons. The second-order valence-electron chi connectivity index (χ2n) is 7.38. The number of amides is 2. The average Bonchev–Trinajstić information content (AvgIpc) is 3.41. The maximum absolute atomic E-state index is 12.2. The molecule has 3 unspecified atom stereocenters. The highest BCUT2D eigenvalue weighted by Gasteiger charge is 2.29. The minimum atomic E-state index is -0.962. The number of nitrogens with zero attached hydrogens (tertiary/aromatic N) is 2. The fraction of sp³-hybridized carbons (Fsp3) is 0.579. The highest BCUT2D eigenvalue weighted by atomic mass is 32.1. The Morgan fingerprint density at radius 2 is 2.28 bits per heavy atom. The lowest BCUT2D eigenvalue weighted by atomic mass is 9.95. The van der Waals surface area contributed by atoms with Crippen molar-refractivity contribution in [2.24, 2.45) is 5.92 Å². The molecule has 2 aromatic rings. The van der Waals surface area contributed by atoms with E-state index in [1.807, 2.05) is 13.0 Å². The van der Waals surface area contributed by atoms with Gasteiger partial charge < -0.3 is 20.5 Å². The van der Waals surface area contributed by atoms with E-state index in [4.69, 9.17) is 9.84 Å². The van der Waals surface area contributed by atoms with Crippen LogP contribution >= 0.6 is 11.3 Å². The van der Waals surface area contributed by atoms with Crippen molar-refractivity contribution in [2.75, 3.05) is 12.4 Å². The number of anilines is 1. The molecule has 0 saturated heterocycles. The number of ether oxygens (including phenoxy) is 1. The molecule has 1 aliphatic carbocycles. The van der Waals surface area contributed by atoms with Crippen LogP contribution in [0.5, 0.6) is 5.06 Å². The zero-order chi connectivity index (χ0) is 20.8. The number of carbonyl (C=O) groups excluding carboxylic acids is 1. The number of carboxylic acid groups (broad SMARTS) is 1. The number of hydrogen-bond donors (Lipinski definition) is 4. The Balaban J connectivity index is 1.49. The Morgan fingerprint density at radius 3 is 2.97 bits per heavy atom. The van der Waals surface area contributed by atoms with E-state index in [2.05, 4.69) is 25.8 Å². The first-order chi connectivity index (χ1) is 14.0. The lowest BCUT2D eigenvalue weighted by molar-refractivity contribution is -0.115. The van der Waals surface area contributed by atoms with E-state index in [1.54, 1.807) is 13.3 Å². The zero-order valence-corrected chi connectivity index (χ0v) is 17.4. The molecule has 0 bridgehead atoms. The summed E-state index contributed by atoms with van der Waals surface area (Å²) in [5.41, 5.74) is 1.01. The van der Waals surface area contributed by atoms with Gasteiger partial charge in [0.25, 0.3) is 0 Å². The molecule has 0 aromatic carbocycles. The Bertz CT molecular complexity index is 836. The van der Waals surface area contributed by atoms with Crippen molar-refractivity contribution in [3.8, 4) is 5.06 Å². The monoisotopic (exact) mass is 421 g/mol. The van der Waals surface area contributed by atoms with Crippen molar-refractivity contribution in [1.82, 2.24) is 20.5 Å². The van der Waals surface area contributed by atoms with Gasteiger partial charge in [-0.2, -0.15) is 5.10 Å². The smallest absolute Gasteiger partial charge is 0.404 e. The SMILES string of the molecule is CCC(CC1CCC(c2cc(NC(=O)Cc3ncc(OC)s3)n[nH]2)C1)NC(=O)O. The second kappa shape index (κ2) is 9.73. The van der Waals surface area contributed by atoms with Gasteiger partial charge >= 0.3 is 6.09 Å². The van der Waals surface area contributed by atoms with Crippen LogP contribution in [0.3, 0.4) is 0 Å². The van der Waals surface area contributed by atoms with Crippen LogP contribution in [0.15, 0.2) is 12.3 Å². The standard InChI is InChI=1S/C19H27N5O4S/c1-3-13(21-19(26)27)7-11-4-5-12(6-11)14-8-15(24-23-14)22-16(25)9-17-20-10-18(28-2)29-17/h8,10-13,21H,3-7,9H2,1-2H3,(H,26,27)(H2,22,23,24,25). The molecular weight excluding hydrogens is 394 g/mol. The predicted molar refractivity (Wildman–Crippen MR) is 110 cm³/mol. The van der Waals surface area contributed by atoms with Crippen LogP contribution in [0.4, 0.5) is 10.6 Å². The molecule has 0 radical (unpaired) electrons. The molecule has 2 aromatic heterocycles. The zero-order valence-electron chi connectivity index (χ0n) is 16.6. The Labute approximate surface area is 173 Å². The van der Waals surface area contributed by atoms with Gasteiger partial charge in [-0.05, 0) is 38.0 Å². The molecule has 10 heteroatoms. The van der Waals surface area contributed by atoms with E-state index in [-0.39, 0.29) is 18.4 Å². The fourth-order valence-electron chi connectivity index (χ4n) is 3.88. The number of H-pyrrole nitrogens is 1. The van der Waals surface area contributed by atoms with E-state index in [9.17, 15) is 9.59 Å². The average molecular weight is 422 g/mol. The van der Waals surface area contributed by atoms with Crippen molar-refractivity contribution in [3.05, 3.63) is 23.0 Å². The van der Waals surface area contributed by atoms with Gasteiger partial charge in [0, 0.05) is 23.7 Å². The second-order valence-corrected chi connectivity index (χ2v) is 8.45. The number of aromatic nitrogens is 3. The molecule has 3 rings (SSSR count). The van der Waals surface area contributed by atoms with Gasteiger partial charge in [0.15, 0.2) is 10.9 Å². The molecule has 9 nitrogen and oxygen atoms in total. The van der Waals surface area contributed by atoms with Crippen LogP contribution < -0.4 is 15.4 Å². The first kappa shape index (κ1) is 21.1. The van der Waals surface area contributed by atoms with Gasteiger partial charge in [-0.15, -0.1) is 0 Å². The molecule has 4 N–H and O–H groups in total. The summed E-state index contributed by atoms with van der Waals surface area (Å²) in [5, 5.41) is 23.0. The van der Waals surface area contributed by atoms with Gasteiger partial charge in [-0.3, -0.25) is 9.89 Å². The summed E-state index contributed by atoms with van der Waals surface area (Å²) in [7, 11) is 1.57. The van der Waals surface area contributed by atoms with Crippen LogP contribution in [0.25, 0.3) is 0 Å². The summed E-state index contributed by atoms with van der Waals surface area (Å²) in [4.78, 5) is 27.2. The lowest BCUT2D eigenvalue weighted by Gasteiger charge is -2.19. The third-order valence-corrected chi connectivity index (χ3v) is 6.29. The third-order valence-electron chi connectivity index (χ3n) is 5.33. The number of thiazole rings is 1. The minimum absolute atomic E-state index is 0.00245. The quantitative estimate of drug-likeness (QED) is 0.491. The molecule has 1 saturated carbocycles. The first-order valence-corrected chi connectivity index (χ1v) is 10.6. The maximum atomic E-state index is 12.2. The molecule has 2 amide bonds. The highest BCUT2D eigenvalue weighted by molar-refractivity contribution is 7.13. The number of rotatable bonds is 9. The van der Waals surface area contributed by atoms with Crippen molar-refractivity contribution < 1.29 is 19.4 Å². The number of hydrogen-bond acceptors (Lipinski definition) is 6. The number of carbonyl (C=O) groups is 2. The van der Waals surface area contributed by atoms with E-state index in [0.29, 0.717) is 27.7 Å². The molecule has 3 atom stereocenters. The van der Waals surface area contributed by atoms with Crippen LogP contribution in [0.2, 0.25) is 0 Å². The van der Waals surface area contributed by atoms with E-state index in [0.717, 1.165) is 37.8 Å². The van der Waals surface area contributed by atoms with Crippen molar-refractivity contribution in [2.45, 2.75) is 57.4 Å². The largest absolute Gasteiger partial charge is 0.486 e. The normalized spacial score (nSPS) is 19.7. The Morgan fingerprint density at radius 1 is 1.45 bits per heavy atom. The number of methoxy groups -OCH3 is 1. The Kier molecular flexibility index (Phi) is 7.08. The Hall–Kier alpha value is -2.62. The topological polar surface area (TPSA) is 129 Å². The lowest BCUT2D eigenvalue weighted by Crippen LogP contribution is -2.34. The van der Waals surface area contributed by atoms with Gasteiger partial charge in [0.1, 0.15) is 5.01 Å². The van der Waals surface area contributed by atoms with E-state index in [1.165, 1.54) is 11.3 Å². The summed E-state index contributed by atoms with van der Waals surface area (Å²) in [5.74, 6) is 1.17. The number of nitrogens with one attached hydrogen (secondary N) is 3. The van der Waals surface area contributed by atoms with Crippen LogP contribution in [-0.4, -0.2) is 45.4 Å². The molecular formula is C19H27N5O4S. The highest BCUT2D eigenvalue weighted by Crippen LogP contribution is 2.40. The van der Waals surface area contributed by atoms with Crippen LogP contribution in [0, 0.1) is 5.92 Å². The van der Waals surface area contributed by atoms with Crippen LogP contribution in [0.1, 0.15) is 55.6 Å². The molecule has 2 heterocycles. The van der Waals surface area contributed by atoms with Gasteiger partial charge in [-0.1, -0.05) is 18.3 Å². The number of aromatic amines is 1. The van der Waals surface area contributed by atoms with E-state index >= 15 is 0 Å². The van der Waals surface area contributed by atoms with Gasteiger partial charge in [0.05, 0.1) is 19.7 Å². The predicted octanol–water partition coefficient (Wildman–Crippen LogP) is 3.38.